The van der Waals surface area contributed by atoms with Crippen molar-refractivity contribution < 1.29 is 19.8 Å². The molecular weight excluding hydrogens is 521 g/mol. The van der Waals surface area contributed by atoms with E-state index >= 15 is 0 Å². The van der Waals surface area contributed by atoms with E-state index in [1.54, 1.807) is 0 Å². The van der Waals surface area contributed by atoms with E-state index in [4.69, 9.17) is 33.4 Å². The Labute approximate surface area is 187 Å². The number of hydrogen-bond acceptors (Lipinski definition) is 2. The molecule has 0 aromatic heterocycles. The Morgan fingerprint density at radius 2 is 0.793 bits per heavy atom. The van der Waals surface area contributed by atoms with Crippen LogP contribution in [0.25, 0.3) is 0 Å². The number of halogens is 2. The van der Waals surface area contributed by atoms with Crippen LogP contribution in [0.15, 0.2) is 91.0 Å². The second-order valence-electron chi connectivity index (χ2n) is 5.40. The van der Waals surface area contributed by atoms with Gasteiger partial charge in [-0.25, -0.2) is 0 Å². The average molecular weight is 542 g/mol. The number of benzene rings is 3. The fourth-order valence-electron chi connectivity index (χ4n) is 2.18. The Kier molecular flexibility index (Phi) is 12.9. The van der Waals surface area contributed by atoms with Crippen molar-refractivity contribution in [3.05, 3.63) is 91.0 Å². The summed E-state index contributed by atoms with van der Waals surface area (Å²) >= 11 is 7.65. The van der Waals surface area contributed by atoms with Crippen LogP contribution in [0.4, 0.5) is 0 Å². The van der Waals surface area contributed by atoms with Crippen LogP contribution in [0.5, 0.6) is 0 Å². The van der Waals surface area contributed by atoms with E-state index < -0.39 is 32.1 Å². The second-order valence-corrected chi connectivity index (χ2v) is 12.3. The molecule has 7 heteroatoms. The Morgan fingerprint density at radius 3 is 0.966 bits per heavy atom. The normalized spacial score (nSPS) is 9.48. The zero-order chi connectivity index (χ0) is 21.5. The Bertz CT molecular complexity index is 739. The molecule has 0 unspecified atom stereocenters. The third-order valence-corrected chi connectivity index (χ3v) is 10.7. The third kappa shape index (κ3) is 10.4. The number of carboxylic acid groups (broad SMARTS) is 2. The fourth-order valence-corrected chi connectivity index (χ4v) is 8.76. The van der Waals surface area contributed by atoms with Crippen molar-refractivity contribution >= 4 is 65.9 Å². The van der Waals surface area contributed by atoms with Gasteiger partial charge < -0.3 is 10.2 Å². The summed E-state index contributed by atoms with van der Waals surface area (Å²) in [4.78, 5) is 18.5. The number of hydrogen-bond donors (Lipinski definition) is 2. The number of carbonyl (C=O) groups is 2. The number of aliphatic carboxylic acids is 2. The van der Waals surface area contributed by atoms with E-state index in [0.29, 0.717) is 0 Å². The van der Waals surface area contributed by atoms with Crippen molar-refractivity contribution in [3.63, 3.8) is 0 Å². The van der Waals surface area contributed by atoms with Crippen molar-refractivity contribution in [1.29, 1.82) is 0 Å². The van der Waals surface area contributed by atoms with Gasteiger partial charge in [0.2, 0.25) is 0 Å². The maximum absolute atomic E-state index is 9.24. The minimum atomic E-state index is -1.83. The summed E-state index contributed by atoms with van der Waals surface area (Å²) in [6.45, 7) is 0. The van der Waals surface area contributed by atoms with Gasteiger partial charge in [0.25, 0.3) is 0 Å². The monoisotopic (exact) mass is 540 g/mol. The first-order valence-electron chi connectivity index (χ1n) is 8.50. The van der Waals surface area contributed by atoms with Crippen molar-refractivity contribution in [2.24, 2.45) is 0 Å². The molecule has 0 aliphatic carbocycles. The molecule has 0 amide bonds. The average Bonchev–Trinajstić information content (AvgIpc) is 2.77. The van der Waals surface area contributed by atoms with Gasteiger partial charge in [-0.1, -0.05) is 0 Å². The molecule has 2 N–H and O–H groups in total. The predicted molar refractivity (Wildman–Crippen MR) is 121 cm³/mol. The molecule has 0 saturated heterocycles. The van der Waals surface area contributed by atoms with E-state index in [1.165, 1.54) is 10.5 Å². The number of alkyl halides is 2. The topological polar surface area (TPSA) is 74.6 Å². The first kappa shape index (κ1) is 25.0. The summed E-state index contributed by atoms with van der Waals surface area (Å²) in [6.07, 6.45) is 0. The van der Waals surface area contributed by atoms with Crippen LogP contribution in [0.3, 0.4) is 0 Å². The minimum absolute atomic E-state index is 0.306. The van der Waals surface area contributed by atoms with E-state index in [9.17, 15) is 9.59 Å². The number of rotatable bonds is 5. The van der Waals surface area contributed by atoms with Gasteiger partial charge >= 0.3 is 134 Å². The zero-order valence-corrected chi connectivity index (χ0v) is 19.6. The van der Waals surface area contributed by atoms with Crippen molar-refractivity contribution in [1.82, 2.24) is 0 Å². The van der Waals surface area contributed by atoms with Crippen LogP contribution >= 0.6 is 23.2 Å². The molecule has 0 saturated carbocycles. The Balaban J connectivity index is 0.000000353. The van der Waals surface area contributed by atoms with Crippen LogP contribution in [0, 0.1) is 0 Å². The van der Waals surface area contributed by atoms with Gasteiger partial charge in [-0.3, -0.25) is 9.59 Å². The van der Waals surface area contributed by atoms with Crippen LogP contribution < -0.4 is 10.5 Å². The van der Waals surface area contributed by atoms with E-state index in [2.05, 4.69) is 91.0 Å². The summed E-state index contributed by atoms with van der Waals surface area (Å²) in [5.41, 5.74) is 0. The SMILES string of the molecule is O=C(O)CCl.O=C(O)CCl.c1cc[c]([Sb]([c]2ccccc2)[c]2ccccc2)cc1. The van der Waals surface area contributed by atoms with Gasteiger partial charge in [0.1, 0.15) is 11.8 Å². The summed E-state index contributed by atoms with van der Waals surface area (Å²) in [6, 6.07) is 32.9. The van der Waals surface area contributed by atoms with Crippen molar-refractivity contribution in [3.8, 4) is 0 Å². The molecule has 3 rings (SSSR count). The van der Waals surface area contributed by atoms with Crippen molar-refractivity contribution in [2.75, 3.05) is 11.8 Å². The Hall–Kier alpha value is -2.00. The molecular formula is C22H21Cl2O4Sb. The van der Waals surface area contributed by atoms with Crippen molar-refractivity contribution in [2.45, 2.75) is 0 Å². The zero-order valence-electron chi connectivity index (χ0n) is 15.5. The summed E-state index contributed by atoms with van der Waals surface area (Å²) < 4.78 is 4.55. The van der Waals surface area contributed by atoms with Gasteiger partial charge in [0, 0.05) is 0 Å². The number of carboxylic acids is 2. The first-order chi connectivity index (χ1) is 14.0. The summed E-state index contributed by atoms with van der Waals surface area (Å²) in [5, 5.41) is 15.2. The quantitative estimate of drug-likeness (QED) is 0.385. The molecule has 0 bridgehead atoms. The molecule has 0 heterocycles. The maximum atomic E-state index is 9.24. The molecule has 0 atom stereocenters. The molecule has 0 aliphatic heterocycles. The molecule has 3 aromatic rings. The first-order valence-corrected chi connectivity index (χ1v) is 13.4. The van der Waals surface area contributed by atoms with E-state index in [0.717, 1.165) is 0 Å². The van der Waals surface area contributed by atoms with Gasteiger partial charge in [-0.2, -0.15) is 0 Å². The molecule has 152 valence electrons. The Morgan fingerprint density at radius 1 is 0.586 bits per heavy atom. The molecule has 0 fully saturated rings. The van der Waals surface area contributed by atoms with Crippen LogP contribution in [-0.2, 0) is 9.59 Å². The van der Waals surface area contributed by atoms with Gasteiger partial charge in [-0.15, -0.1) is 23.2 Å². The van der Waals surface area contributed by atoms with Crippen LogP contribution in [0.1, 0.15) is 0 Å². The molecule has 29 heavy (non-hydrogen) atoms. The molecule has 4 nitrogen and oxygen atoms in total. The van der Waals surface area contributed by atoms with Gasteiger partial charge in [0.05, 0.1) is 0 Å². The van der Waals surface area contributed by atoms with Crippen LogP contribution in [-0.4, -0.2) is 54.1 Å². The molecule has 0 radical (unpaired) electrons. The molecule has 0 aliphatic rings. The fraction of sp³-hybridized carbons (Fsp3) is 0.0909. The second kappa shape index (κ2) is 14.9. The summed E-state index contributed by atoms with van der Waals surface area (Å²) in [7, 11) is 0. The standard InChI is InChI=1S/3C6H5.2C2H3ClO2.Sb/c3*1-2-4-6-5-3-1;2*3-1-2(4)5;/h3*1-5H;2*1H2,(H,4,5);. The molecule has 0 spiro atoms. The molecule has 3 aromatic carbocycles. The van der Waals surface area contributed by atoms with Gasteiger partial charge in [-0.05, 0) is 0 Å². The third-order valence-electron chi connectivity index (χ3n) is 3.27. The van der Waals surface area contributed by atoms with E-state index in [-0.39, 0.29) is 11.8 Å². The summed E-state index contributed by atoms with van der Waals surface area (Å²) in [5.74, 6) is -2.57. The van der Waals surface area contributed by atoms with Gasteiger partial charge in [0.15, 0.2) is 0 Å². The predicted octanol–water partition coefficient (Wildman–Crippen LogP) is 2.82. The van der Waals surface area contributed by atoms with Crippen LogP contribution in [0.2, 0.25) is 0 Å². The van der Waals surface area contributed by atoms with E-state index in [1.807, 2.05) is 0 Å².